The summed E-state index contributed by atoms with van der Waals surface area (Å²) >= 11 is 0. The van der Waals surface area contributed by atoms with Crippen LogP contribution >= 0.6 is 0 Å². The van der Waals surface area contributed by atoms with Gasteiger partial charge in [-0.2, -0.15) is 28.6 Å². The molecule has 34 heavy (non-hydrogen) atoms. The number of nitrogens with one attached hydrogen (secondary N) is 1. The number of nitriles is 1. The van der Waals surface area contributed by atoms with Crippen LogP contribution in [0.15, 0.2) is 35.4 Å². The van der Waals surface area contributed by atoms with Crippen LogP contribution in [0.3, 0.4) is 0 Å². The zero-order chi connectivity index (χ0) is 24.2. The second kappa shape index (κ2) is 7.79. The molecular weight excluding hydrogens is 449 g/mol. The molecular formula is C22H19F3N8O. The Hall–Kier alpha value is -4.01. The van der Waals surface area contributed by atoms with Crippen LogP contribution in [0, 0.1) is 11.3 Å². The Balaban J connectivity index is 1.57. The first-order chi connectivity index (χ1) is 16.2. The summed E-state index contributed by atoms with van der Waals surface area (Å²) in [5.74, 6) is 0.525. The lowest BCUT2D eigenvalue weighted by Crippen LogP contribution is -2.27. The number of pyridine rings is 1. The van der Waals surface area contributed by atoms with Gasteiger partial charge in [-0.15, -0.1) is 0 Å². The Morgan fingerprint density at radius 2 is 1.97 bits per heavy atom. The molecule has 5 rings (SSSR count). The molecule has 0 aromatic carbocycles. The zero-order valence-corrected chi connectivity index (χ0v) is 18.2. The number of halogens is 3. The molecule has 0 saturated heterocycles. The first-order valence-electron chi connectivity index (χ1n) is 10.6. The fraction of sp³-hybridized carbons (Fsp3) is 0.364. The fourth-order valence-corrected chi connectivity index (χ4v) is 4.36. The van der Waals surface area contributed by atoms with Gasteiger partial charge >= 0.3 is 6.18 Å². The van der Waals surface area contributed by atoms with Crippen molar-refractivity contribution >= 4 is 11.0 Å². The van der Waals surface area contributed by atoms with E-state index in [4.69, 9.17) is 0 Å². The standard InChI is InChI=1S/C22H19F3N8O/c1-11(12-3-6-17(27-10-12)22(23,24)25)33-20-18(16(9-26)31-33)21(34)29-19(28-20)14-5-4-13(14)15-7-8-32(2)30-15/h3,6-8,10-11,13-14H,4-5H2,1-2H3,(H,28,29,34)/t11-,13+,14+/m0/s1. The van der Waals surface area contributed by atoms with Crippen molar-refractivity contribution in [1.29, 1.82) is 5.26 Å². The van der Waals surface area contributed by atoms with Crippen molar-refractivity contribution in [1.82, 2.24) is 34.5 Å². The molecule has 4 aromatic heterocycles. The molecule has 1 N–H and O–H groups in total. The van der Waals surface area contributed by atoms with E-state index in [0.717, 1.165) is 30.8 Å². The summed E-state index contributed by atoms with van der Waals surface area (Å²) in [6, 6.07) is 5.42. The van der Waals surface area contributed by atoms with Gasteiger partial charge < -0.3 is 4.98 Å². The van der Waals surface area contributed by atoms with Crippen molar-refractivity contribution in [2.24, 2.45) is 7.05 Å². The largest absolute Gasteiger partial charge is 0.433 e. The SMILES string of the molecule is C[C@@H](c1ccc(C(F)(F)F)nc1)n1nc(C#N)c2c(=O)[nH]c([C@@H]3CC[C@H]3c3ccn(C)n3)nc21. The molecule has 9 nitrogen and oxygen atoms in total. The van der Waals surface area contributed by atoms with Crippen molar-refractivity contribution in [3.8, 4) is 6.07 Å². The molecule has 3 atom stereocenters. The van der Waals surface area contributed by atoms with E-state index >= 15 is 0 Å². The molecule has 0 unspecified atom stereocenters. The molecule has 12 heteroatoms. The minimum atomic E-state index is -4.55. The van der Waals surface area contributed by atoms with E-state index < -0.39 is 23.5 Å². The molecule has 1 aliphatic rings. The molecule has 0 radical (unpaired) electrons. The van der Waals surface area contributed by atoms with E-state index in [2.05, 4.69) is 25.1 Å². The normalized spacial score (nSPS) is 19.1. The number of aromatic nitrogens is 7. The van der Waals surface area contributed by atoms with Crippen molar-refractivity contribution in [2.75, 3.05) is 0 Å². The fourth-order valence-electron chi connectivity index (χ4n) is 4.36. The third-order valence-electron chi connectivity index (χ3n) is 6.35. The lowest BCUT2D eigenvalue weighted by atomic mass is 9.71. The lowest BCUT2D eigenvalue weighted by molar-refractivity contribution is -0.141. The van der Waals surface area contributed by atoms with E-state index in [1.165, 1.54) is 10.7 Å². The maximum Gasteiger partial charge on any atom is 0.433 e. The van der Waals surface area contributed by atoms with Gasteiger partial charge in [-0.05, 0) is 37.5 Å². The van der Waals surface area contributed by atoms with Gasteiger partial charge in [0, 0.05) is 31.3 Å². The minimum Gasteiger partial charge on any atom is -0.310 e. The summed E-state index contributed by atoms with van der Waals surface area (Å²) in [6.07, 6.45) is 0.139. The lowest BCUT2D eigenvalue weighted by Gasteiger charge is -2.34. The van der Waals surface area contributed by atoms with Gasteiger partial charge in [0.2, 0.25) is 0 Å². The van der Waals surface area contributed by atoms with Gasteiger partial charge in [-0.3, -0.25) is 14.5 Å². The van der Waals surface area contributed by atoms with Gasteiger partial charge in [-0.1, -0.05) is 6.07 Å². The van der Waals surface area contributed by atoms with E-state index in [1.807, 2.05) is 25.4 Å². The highest BCUT2D eigenvalue weighted by atomic mass is 19.4. The second-order valence-corrected chi connectivity index (χ2v) is 8.41. The van der Waals surface area contributed by atoms with Crippen LogP contribution in [0.1, 0.15) is 66.1 Å². The third kappa shape index (κ3) is 3.53. The highest BCUT2D eigenvalue weighted by Gasteiger charge is 2.37. The molecule has 0 spiro atoms. The first-order valence-corrected chi connectivity index (χ1v) is 10.6. The summed E-state index contributed by atoms with van der Waals surface area (Å²) in [7, 11) is 1.84. The monoisotopic (exact) mass is 468 g/mol. The van der Waals surface area contributed by atoms with E-state index in [-0.39, 0.29) is 28.6 Å². The molecule has 1 aliphatic carbocycles. The van der Waals surface area contributed by atoms with Gasteiger partial charge in [-0.25, -0.2) is 9.67 Å². The number of hydrogen-bond donors (Lipinski definition) is 1. The molecule has 1 fully saturated rings. The minimum absolute atomic E-state index is 0.0479. The van der Waals surface area contributed by atoms with Crippen molar-refractivity contribution < 1.29 is 13.2 Å². The highest BCUT2D eigenvalue weighted by molar-refractivity contribution is 5.80. The average molecular weight is 468 g/mol. The number of alkyl halides is 3. The molecule has 4 heterocycles. The number of H-pyrrole nitrogens is 1. The summed E-state index contributed by atoms with van der Waals surface area (Å²) < 4.78 is 41.8. The van der Waals surface area contributed by atoms with Crippen LogP contribution in [0.5, 0.6) is 0 Å². The molecule has 0 amide bonds. The van der Waals surface area contributed by atoms with Gasteiger partial charge in [0.05, 0.1) is 11.7 Å². The van der Waals surface area contributed by atoms with Crippen LogP contribution in [-0.4, -0.2) is 34.5 Å². The van der Waals surface area contributed by atoms with Crippen molar-refractivity contribution in [3.63, 3.8) is 0 Å². The molecule has 0 bridgehead atoms. The number of nitrogens with zero attached hydrogens (tertiary/aromatic N) is 7. The Labute approximate surface area is 190 Å². The quantitative estimate of drug-likeness (QED) is 0.490. The number of aryl methyl sites for hydroxylation is 1. The predicted molar refractivity (Wildman–Crippen MR) is 114 cm³/mol. The Bertz CT molecular complexity index is 1480. The topological polar surface area (TPSA) is 118 Å². The van der Waals surface area contributed by atoms with E-state index in [1.54, 1.807) is 11.6 Å². The highest BCUT2D eigenvalue weighted by Crippen LogP contribution is 2.47. The number of rotatable bonds is 4. The van der Waals surface area contributed by atoms with Gasteiger partial charge in [0.15, 0.2) is 11.3 Å². The zero-order valence-electron chi connectivity index (χ0n) is 18.2. The van der Waals surface area contributed by atoms with E-state index in [0.29, 0.717) is 11.4 Å². The summed E-state index contributed by atoms with van der Waals surface area (Å²) in [5.41, 5.74) is -0.0372. The summed E-state index contributed by atoms with van der Waals surface area (Å²) in [6.45, 7) is 1.69. The maximum absolute atomic E-state index is 12.9. The maximum atomic E-state index is 12.9. The number of hydrogen-bond acceptors (Lipinski definition) is 6. The predicted octanol–water partition coefficient (Wildman–Crippen LogP) is 3.41. The third-order valence-corrected chi connectivity index (χ3v) is 6.35. The van der Waals surface area contributed by atoms with Crippen LogP contribution < -0.4 is 5.56 Å². The first kappa shape index (κ1) is 21.8. The van der Waals surface area contributed by atoms with E-state index in [9.17, 15) is 23.2 Å². The summed E-state index contributed by atoms with van der Waals surface area (Å²) in [4.78, 5) is 23.9. The molecule has 174 valence electrons. The Kier molecular flexibility index (Phi) is 5.00. The van der Waals surface area contributed by atoms with Crippen LogP contribution in [0.4, 0.5) is 13.2 Å². The van der Waals surface area contributed by atoms with Gasteiger partial charge in [0.1, 0.15) is 23.0 Å². The van der Waals surface area contributed by atoms with Crippen molar-refractivity contribution in [3.05, 3.63) is 69.4 Å². The number of aromatic amines is 1. The van der Waals surface area contributed by atoms with Crippen LogP contribution in [-0.2, 0) is 13.2 Å². The molecule has 4 aromatic rings. The second-order valence-electron chi connectivity index (χ2n) is 8.41. The Morgan fingerprint density at radius 3 is 2.53 bits per heavy atom. The molecule has 1 saturated carbocycles. The molecule has 0 aliphatic heterocycles. The number of fused-ring (bicyclic) bond motifs is 1. The van der Waals surface area contributed by atoms with Crippen LogP contribution in [0.25, 0.3) is 11.0 Å². The van der Waals surface area contributed by atoms with Crippen molar-refractivity contribution in [2.45, 2.75) is 43.8 Å². The average Bonchev–Trinajstić information content (AvgIpc) is 3.35. The Morgan fingerprint density at radius 1 is 1.21 bits per heavy atom. The summed E-state index contributed by atoms with van der Waals surface area (Å²) in [5, 5.41) is 18.3. The smallest absolute Gasteiger partial charge is 0.310 e. The van der Waals surface area contributed by atoms with Gasteiger partial charge in [0.25, 0.3) is 5.56 Å². The van der Waals surface area contributed by atoms with Crippen LogP contribution in [0.2, 0.25) is 0 Å².